The average molecular weight is 468 g/mol. The molecule has 0 saturated heterocycles. The van der Waals surface area contributed by atoms with Gasteiger partial charge in [0.1, 0.15) is 12.1 Å². The van der Waals surface area contributed by atoms with Crippen LogP contribution in [-0.2, 0) is 6.54 Å². The number of aliphatic imine (C=N–C) groups is 1. The maximum atomic E-state index is 4.74. The smallest absolute Gasteiger partial charge is 0.191 e. The summed E-state index contributed by atoms with van der Waals surface area (Å²) in [4.78, 5) is 13.2. The van der Waals surface area contributed by atoms with Gasteiger partial charge < -0.3 is 10.6 Å². The number of imidazole rings is 1. The first-order chi connectivity index (χ1) is 12.2. The molecule has 26 heavy (non-hydrogen) atoms. The summed E-state index contributed by atoms with van der Waals surface area (Å²) in [5.74, 6) is 1.76. The zero-order valence-electron chi connectivity index (χ0n) is 15.6. The highest BCUT2D eigenvalue weighted by Crippen LogP contribution is 2.42. The lowest BCUT2D eigenvalue weighted by Gasteiger charge is -2.41. The van der Waals surface area contributed by atoms with Crippen molar-refractivity contribution in [3.8, 4) is 5.82 Å². The van der Waals surface area contributed by atoms with Gasteiger partial charge in [-0.15, -0.1) is 24.0 Å². The van der Waals surface area contributed by atoms with Crippen molar-refractivity contribution in [3.05, 3.63) is 42.6 Å². The Labute approximate surface area is 172 Å². The van der Waals surface area contributed by atoms with Crippen LogP contribution < -0.4 is 10.6 Å². The Morgan fingerprint density at radius 2 is 2.12 bits per heavy atom. The van der Waals surface area contributed by atoms with E-state index >= 15 is 0 Å². The van der Waals surface area contributed by atoms with Crippen LogP contribution in [0.1, 0.15) is 45.1 Å². The molecule has 2 N–H and O–H groups in total. The summed E-state index contributed by atoms with van der Waals surface area (Å²) < 4.78 is 1.90. The molecule has 0 radical (unpaired) electrons. The number of guanidine groups is 1. The second-order valence-corrected chi connectivity index (χ2v) is 6.75. The number of pyridine rings is 1. The van der Waals surface area contributed by atoms with Crippen LogP contribution in [0.5, 0.6) is 0 Å². The number of halogens is 1. The van der Waals surface area contributed by atoms with Crippen LogP contribution in [0.2, 0.25) is 0 Å². The van der Waals surface area contributed by atoms with Gasteiger partial charge in [0.15, 0.2) is 5.96 Å². The van der Waals surface area contributed by atoms with Crippen LogP contribution in [0.4, 0.5) is 0 Å². The van der Waals surface area contributed by atoms with Gasteiger partial charge in [-0.05, 0) is 49.3 Å². The van der Waals surface area contributed by atoms with Gasteiger partial charge in [0, 0.05) is 31.7 Å². The number of aromatic nitrogens is 3. The molecule has 3 rings (SSSR count). The Hall–Kier alpha value is -1.64. The molecule has 7 heteroatoms. The first kappa shape index (κ1) is 20.7. The van der Waals surface area contributed by atoms with Gasteiger partial charge in [-0.1, -0.05) is 13.3 Å². The van der Waals surface area contributed by atoms with Crippen molar-refractivity contribution in [1.82, 2.24) is 25.2 Å². The van der Waals surface area contributed by atoms with Crippen LogP contribution in [0.25, 0.3) is 5.82 Å². The first-order valence-electron chi connectivity index (χ1n) is 9.20. The number of nitrogens with zero attached hydrogens (tertiary/aromatic N) is 4. The van der Waals surface area contributed by atoms with Crippen LogP contribution in [0.3, 0.4) is 0 Å². The fourth-order valence-corrected chi connectivity index (χ4v) is 3.21. The van der Waals surface area contributed by atoms with Gasteiger partial charge in [0.25, 0.3) is 0 Å². The number of hydrogen-bond acceptors (Lipinski definition) is 3. The van der Waals surface area contributed by atoms with Crippen molar-refractivity contribution in [2.24, 2.45) is 10.4 Å². The fourth-order valence-electron chi connectivity index (χ4n) is 3.21. The monoisotopic (exact) mass is 468 g/mol. The Morgan fingerprint density at radius 1 is 1.27 bits per heavy atom. The van der Waals surface area contributed by atoms with Crippen LogP contribution in [-0.4, -0.2) is 33.6 Å². The third-order valence-electron chi connectivity index (χ3n) is 5.14. The first-order valence-corrected chi connectivity index (χ1v) is 9.20. The van der Waals surface area contributed by atoms with Crippen molar-refractivity contribution in [2.75, 3.05) is 13.1 Å². The third kappa shape index (κ3) is 5.18. The summed E-state index contributed by atoms with van der Waals surface area (Å²) in [6.07, 6.45) is 12.5. The van der Waals surface area contributed by atoms with Crippen LogP contribution >= 0.6 is 24.0 Å². The molecule has 2 aromatic rings. The van der Waals surface area contributed by atoms with Gasteiger partial charge in [-0.3, -0.25) is 4.57 Å². The second kappa shape index (κ2) is 9.89. The highest BCUT2D eigenvalue weighted by Gasteiger charge is 2.34. The van der Waals surface area contributed by atoms with E-state index in [2.05, 4.69) is 34.4 Å². The average Bonchev–Trinajstić information content (AvgIpc) is 3.14. The van der Waals surface area contributed by atoms with Crippen molar-refractivity contribution < 1.29 is 0 Å². The molecule has 0 bridgehead atoms. The van der Waals surface area contributed by atoms with E-state index in [1.165, 1.54) is 25.7 Å². The second-order valence-electron chi connectivity index (χ2n) is 6.75. The number of nitrogens with one attached hydrogen (secondary N) is 2. The fraction of sp³-hybridized carbons (Fsp3) is 0.526. The zero-order valence-corrected chi connectivity index (χ0v) is 17.9. The Kier molecular flexibility index (Phi) is 7.86. The van der Waals surface area contributed by atoms with E-state index in [0.717, 1.165) is 30.4 Å². The van der Waals surface area contributed by atoms with Crippen molar-refractivity contribution in [2.45, 2.75) is 46.1 Å². The van der Waals surface area contributed by atoms with Gasteiger partial charge >= 0.3 is 0 Å². The molecule has 0 unspecified atom stereocenters. The summed E-state index contributed by atoms with van der Waals surface area (Å²) in [7, 11) is 0. The quantitative estimate of drug-likeness (QED) is 0.371. The molecule has 0 aromatic carbocycles. The molecular formula is C19H29IN6. The summed E-state index contributed by atoms with van der Waals surface area (Å²) in [6.45, 7) is 6.88. The van der Waals surface area contributed by atoms with Crippen LogP contribution in [0, 0.1) is 5.41 Å². The van der Waals surface area contributed by atoms with Gasteiger partial charge in [0.2, 0.25) is 0 Å². The maximum absolute atomic E-state index is 4.74. The van der Waals surface area contributed by atoms with E-state index in [-0.39, 0.29) is 24.0 Å². The molecule has 1 saturated carbocycles. The minimum absolute atomic E-state index is 0. The SMILES string of the molecule is CCNC(=NCc1ccnc(-n2ccnc2)c1)NCC1(CC)CCC1.I. The summed E-state index contributed by atoms with van der Waals surface area (Å²) >= 11 is 0. The molecule has 2 aromatic heterocycles. The van der Waals surface area contributed by atoms with Crippen molar-refractivity contribution in [1.29, 1.82) is 0 Å². The number of rotatable bonds is 7. The molecule has 1 fully saturated rings. The van der Waals surface area contributed by atoms with Gasteiger partial charge in [-0.2, -0.15) is 0 Å². The van der Waals surface area contributed by atoms with Gasteiger partial charge in [-0.25, -0.2) is 15.0 Å². The molecule has 0 aliphatic heterocycles. The van der Waals surface area contributed by atoms with E-state index in [4.69, 9.17) is 4.99 Å². The standard InChI is InChI=1S/C19H28N6.HI/c1-3-19(7-5-8-19)14-24-18(21-4-2)23-13-16-6-9-22-17(12-16)25-11-10-20-15-25;/h6,9-12,15H,3-5,7-8,13-14H2,1-2H3,(H2,21,23,24);1H. The topological polar surface area (TPSA) is 67.1 Å². The Bertz CT molecular complexity index is 688. The van der Waals surface area contributed by atoms with Gasteiger partial charge in [0.05, 0.1) is 6.54 Å². The maximum Gasteiger partial charge on any atom is 0.191 e. The predicted octanol–water partition coefficient (Wildman–Crippen LogP) is 3.52. The van der Waals surface area contributed by atoms with Crippen molar-refractivity contribution >= 4 is 29.9 Å². The molecule has 1 aliphatic rings. The van der Waals surface area contributed by atoms with Crippen molar-refractivity contribution in [3.63, 3.8) is 0 Å². The highest BCUT2D eigenvalue weighted by molar-refractivity contribution is 14.0. The van der Waals surface area contributed by atoms with E-state index in [0.29, 0.717) is 12.0 Å². The molecule has 142 valence electrons. The van der Waals surface area contributed by atoms with E-state index in [9.17, 15) is 0 Å². The molecule has 0 spiro atoms. The summed E-state index contributed by atoms with van der Waals surface area (Å²) in [6, 6.07) is 4.06. The third-order valence-corrected chi connectivity index (χ3v) is 5.14. The largest absolute Gasteiger partial charge is 0.357 e. The predicted molar refractivity (Wildman–Crippen MR) is 116 cm³/mol. The molecule has 6 nitrogen and oxygen atoms in total. The Morgan fingerprint density at radius 3 is 2.73 bits per heavy atom. The normalized spacial score (nSPS) is 15.7. The van der Waals surface area contributed by atoms with E-state index in [1.54, 1.807) is 12.5 Å². The van der Waals surface area contributed by atoms with E-state index in [1.807, 2.05) is 29.1 Å². The molecule has 2 heterocycles. The van der Waals surface area contributed by atoms with E-state index < -0.39 is 0 Å². The van der Waals surface area contributed by atoms with Crippen LogP contribution in [0.15, 0.2) is 42.0 Å². The lowest BCUT2D eigenvalue weighted by Crippen LogP contribution is -2.46. The lowest BCUT2D eigenvalue weighted by molar-refractivity contribution is 0.131. The zero-order chi connectivity index (χ0) is 17.5. The summed E-state index contributed by atoms with van der Waals surface area (Å²) in [5, 5.41) is 6.88. The summed E-state index contributed by atoms with van der Waals surface area (Å²) in [5.41, 5.74) is 1.60. The lowest BCUT2D eigenvalue weighted by atomic mass is 9.67. The minimum atomic E-state index is 0. The molecule has 1 aliphatic carbocycles. The molecule has 0 amide bonds. The number of hydrogen-bond donors (Lipinski definition) is 2. The molecule has 0 atom stereocenters. The highest BCUT2D eigenvalue weighted by atomic mass is 127. The molecular weight excluding hydrogens is 439 g/mol. The minimum Gasteiger partial charge on any atom is -0.357 e. The Balaban J connectivity index is 0.00000243.